The van der Waals surface area contributed by atoms with Crippen LogP contribution in [-0.2, 0) is 0 Å². The fourth-order valence-corrected chi connectivity index (χ4v) is 4.33. The maximum atomic E-state index is 13.4. The SMILES string of the molecule is Cc1cc(C)c(C(=O)C2=C(C(=O)c3c(C)cc(C)cc3C)C=CC[CH]2)c(C)c1. The third kappa shape index (κ3) is 3.64. The number of hydrogen-bond acceptors (Lipinski definition) is 2. The van der Waals surface area contributed by atoms with E-state index in [2.05, 4.69) is 0 Å². The third-order valence-electron chi connectivity index (χ3n) is 5.33. The molecule has 0 aromatic heterocycles. The van der Waals surface area contributed by atoms with Gasteiger partial charge in [-0.3, -0.25) is 9.59 Å². The van der Waals surface area contributed by atoms with Crippen molar-refractivity contribution >= 4 is 11.6 Å². The summed E-state index contributed by atoms with van der Waals surface area (Å²) in [4.78, 5) is 26.9. The Hall–Kier alpha value is -2.74. The molecule has 0 aliphatic heterocycles. The molecule has 0 heterocycles. The molecule has 3 rings (SSSR count). The topological polar surface area (TPSA) is 34.1 Å². The molecule has 2 aromatic carbocycles. The molecule has 0 amide bonds. The summed E-state index contributed by atoms with van der Waals surface area (Å²) in [6, 6.07) is 8.09. The second kappa shape index (κ2) is 7.71. The Morgan fingerprint density at radius 2 is 1.04 bits per heavy atom. The number of allylic oxidation sites excluding steroid dienone is 4. The predicted molar refractivity (Wildman–Crippen MR) is 115 cm³/mol. The zero-order valence-corrected chi connectivity index (χ0v) is 17.6. The lowest BCUT2D eigenvalue weighted by molar-refractivity contribution is 0.100. The molecule has 0 saturated heterocycles. The third-order valence-corrected chi connectivity index (χ3v) is 5.33. The number of rotatable bonds is 4. The van der Waals surface area contributed by atoms with Crippen molar-refractivity contribution in [3.8, 4) is 0 Å². The molecule has 2 nitrogen and oxygen atoms in total. The number of ketones is 2. The van der Waals surface area contributed by atoms with Gasteiger partial charge >= 0.3 is 0 Å². The molecule has 0 saturated carbocycles. The Labute approximate surface area is 168 Å². The highest BCUT2D eigenvalue weighted by Crippen LogP contribution is 2.30. The van der Waals surface area contributed by atoms with E-state index in [1.807, 2.05) is 84.4 Å². The molecule has 0 fully saturated rings. The maximum absolute atomic E-state index is 13.4. The summed E-state index contributed by atoms with van der Waals surface area (Å²) >= 11 is 0. The van der Waals surface area contributed by atoms with E-state index in [9.17, 15) is 9.59 Å². The van der Waals surface area contributed by atoms with Gasteiger partial charge in [-0.25, -0.2) is 0 Å². The lowest BCUT2D eigenvalue weighted by Gasteiger charge is -2.19. The van der Waals surface area contributed by atoms with Gasteiger partial charge in [-0.05, 0) is 76.6 Å². The van der Waals surface area contributed by atoms with Crippen molar-refractivity contribution < 1.29 is 9.59 Å². The first-order valence-electron chi connectivity index (χ1n) is 9.69. The Balaban J connectivity index is 2.15. The van der Waals surface area contributed by atoms with E-state index in [1.165, 1.54) is 0 Å². The van der Waals surface area contributed by atoms with Crippen LogP contribution in [0.3, 0.4) is 0 Å². The highest BCUT2D eigenvalue weighted by molar-refractivity contribution is 6.21. The highest BCUT2D eigenvalue weighted by Gasteiger charge is 2.26. The van der Waals surface area contributed by atoms with E-state index in [4.69, 9.17) is 0 Å². The lowest BCUT2D eigenvalue weighted by atomic mass is 9.83. The first-order valence-corrected chi connectivity index (χ1v) is 9.69. The van der Waals surface area contributed by atoms with Crippen LogP contribution in [0.2, 0.25) is 0 Å². The van der Waals surface area contributed by atoms with E-state index in [0.29, 0.717) is 28.7 Å². The smallest absolute Gasteiger partial charge is 0.193 e. The first-order chi connectivity index (χ1) is 13.2. The highest BCUT2D eigenvalue weighted by atomic mass is 16.1. The largest absolute Gasteiger partial charge is 0.289 e. The first kappa shape index (κ1) is 20.0. The van der Waals surface area contributed by atoms with E-state index >= 15 is 0 Å². The molecular weight excluding hydrogens is 344 g/mol. The summed E-state index contributed by atoms with van der Waals surface area (Å²) in [6.45, 7) is 11.9. The minimum absolute atomic E-state index is 0.0647. The van der Waals surface area contributed by atoms with Gasteiger partial charge in [-0.1, -0.05) is 47.5 Å². The predicted octanol–water partition coefficient (Wildman–Crippen LogP) is 6.06. The van der Waals surface area contributed by atoms with Gasteiger partial charge in [0, 0.05) is 22.3 Å². The summed E-state index contributed by atoms with van der Waals surface area (Å²) in [7, 11) is 0. The van der Waals surface area contributed by atoms with Crippen LogP contribution in [0.25, 0.3) is 0 Å². The summed E-state index contributed by atoms with van der Waals surface area (Å²) in [6.07, 6.45) is 6.30. The zero-order valence-electron chi connectivity index (χ0n) is 17.6. The Morgan fingerprint density at radius 3 is 1.46 bits per heavy atom. The van der Waals surface area contributed by atoms with Crippen LogP contribution in [0.1, 0.15) is 60.5 Å². The quantitative estimate of drug-likeness (QED) is 0.612. The van der Waals surface area contributed by atoms with Crippen LogP contribution in [0, 0.1) is 48.0 Å². The second-order valence-electron chi connectivity index (χ2n) is 7.88. The van der Waals surface area contributed by atoms with Crippen molar-refractivity contribution in [3.05, 3.63) is 98.5 Å². The van der Waals surface area contributed by atoms with Crippen molar-refractivity contribution in [1.82, 2.24) is 0 Å². The van der Waals surface area contributed by atoms with E-state index < -0.39 is 0 Å². The van der Waals surface area contributed by atoms with Gasteiger partial charge in [0.15, 0.2) is 11.6 Å². The van der Waals surface area contributed by atoms with E-state index in [1.54, 1.807) is 0 Å². The molecular formula is C26H27O2. The lowest BCUT2D eigenvalue weighted by Crippen LogP contribution is -2.17. The van der Waals surface area contributed by atoms with Gasteiger partial charge in [0.25, 0.3) is 0 Å². The molecule has 1 aliphatic rings. The van der Waals surface area contributed by atoms with Crippen molar-refractivity contribution in [2.24, 2.45) is 0 Å². The zero-order chi connectivity index (χ0) is 20.6. The van der Waals surface area contributed by atoms with Crippen LogP contribution in [0.15, 0.2) is 47.6 Å². The number of benzene rings is 2. The molecule has 0 spiro atoms. The number of aryl methyl sites for hydroxylation is 6. The number of carbonyl (C=O) groups excluding carboxylic acids is 2. The van der Waals surface area contributed by atoms with Crippen LogP contribution < -0.4 is 0 Å². The van der Waals surface area contributed by atoms with Gasteiger partial charge in [0.2, 0.25) is 0 Å². The molecule has 2 heteroatoms. The van der Waals surface area contributed by atoms with Crippen molar-refractivity contribution in [3.63, 3.8) is 0 Å². The molecule has 1 aliphatic carbocycles. The monoisotopic (exact) mass is 371 g/mol. The van der Waals surface area contributed by atoms with E-state index in [-0.39, 0.29) is 11.6 Å². The number of Topliss-reactive ketones (excluding diaryl/α,β-unsaturated/α-hetero) is 2. The molecule has 0 unspecified atom stereocenters. The normalized spacial score (nSPS) is 13.8. The number of carbonyl (C=O) groups is 2. The maximum Gasteiger partial charge on any atom is 0.193 e. The van der Waals surface area contributed by atoms with Crippen LogP contribution >= 0.6 is 0 Å². The molecule has 0 bridgehead atoms. The van der Waals surface area contributed by atoms with Gasteiger partial charge in [0.1, 0.15) is 0 Å². The Kier molecular flexibility index (Phi) is 5.51. The molecule has 143 valence electrons. The number of hydrogen-bond donors (Lipinski definition) is 0. The average Bonchev–Trinajstić information content (AvgIpc) is 2.59. The summed E-state index contributed by atoms with van der Waals surface area (Å²) in [5.74, 6) is -0.141. The standard InChI is InChI=1S/C26H27O2/c1-15-11-17(3)23(18(4)12-15)25(27)21-9-7-8-10-22(21)26(28)24-19(5)13-16(2)14-20(24)6/h7,9-14H,8H2,1-6H3. The van der Waals surface area contributed by atoms with Crippen LogP contribution in [0.4, 0.5) is 0 Å². The average molecular weight is 372 g/mol. The van der Waals surface area contributed by atoms with Gasteiger partial charge in [0.05, 0.1) is 0 Å². The van der Waals surface area contributed by atoms with Crippen LogP contribution in [0.5, 0.6) is 0 Å². The van der Waals surface area contributed by atoms with Crippen LogP contribution in [-0.4, -0.2) is 11.6 Å². The second-order valence-corrected chi connectivity index (χ2v) is 7.88. The van der Waals surface area contributed by atoms with Gasteiger partial charge in [-0.2, -0.15) is 0 Å². The van der Waals surface area contributed by atoms with Crippen molar-refractivity contribution in [2.45, 2.75) is 48.0 Å². The molecule has 1 radical (unpaired) electrons. The summed E-state index contributed by atoms with van der Waals surface area (Å²) in [5.41, 5.74) is 8.47. The molecule has 28 heavy (non-hydrogen) atoms. The minimum Gasteiger partial charge on any atom is -0.289 e. The Bertz CT molecular complexity index is 1000. The minimum atomic E-state index is -0.0760. The molecule has 0 N–H and O–H groups in total. The molecule has 2 aromatic rings. The molecule has 0 atom stereocenters. The summed E-state index contributed by atoms with van der Waals surface area (Å²) in [5, 5.41) is 0. The fourth-order valence-electron chi connectivity index (χ4n) is 4.33. The van der Waals surface area contributed by atoms with Crippen molar-refractivity contribution in [1.29, 1.82) is 0 Å². The van der Waals surface area contributed by atoms with E-state index in [0.717, 1.165) is 33.4 Å². The van der Waals surface area contributed by atoms with Gasteiger partial charge in [-0.15, -0.1) is 0 Å². The fraction of sp³-hybridized carbons (Fsp3) is 0.269. The summed E-state index contributed by atoms with van der Waals surface area (Å²) < 4.78 is 0. The van der Waals surface area contributed by atoms with Gasteiger partial charge < -0.3 is 0 Å². The Morgan fingerprint density at radius 1 is 0.643 bits per heavy atom. The van der Waals surface area contributed by atoms with Crippen molar-refractivity contribution in [2.75, 3.05) is 0 Å².